The number of hydrogen-bond acceptors (Lipinski definition) is 3. The normalized spacial score (nSPS) is 12.8. The van der Waals surface area contributed by atoms with E-state index in [-0.39, 0.29) is 5.91 Å². The Morgan fingerprint density at radius 3 is 2.21 bits per heavy atom. The van der Waals surface area contributed by atoms with Crippen molar-refractivity contribution in [1.82, 2.24) is 4.98 Å². The van der Waals surface area contributed by atoms with Gasteiger partial charge < -0.3 is 10.1 Å². The van der Waals surface area contributed by atoms with Gasteiger partial charge in [-0.25, -0.2) is 0 Å². The number of para-hydroxylation sites is 3. The Bertz CT molecular complexity index is 1170. The monoisotopic (exact) mass is 366 g/mol. The third-order valence-corrected chi connectivity index (χ3v) is 5.04. The first-order chi connectivity index (χ1) is 13.7. The van der Waals surface area contributed by atoms with Gasteiger partial charge in [0.15, 0.2) is 0 Å². The molecule has 0 bridgehead atoms. The molecule has 136 valence electrons. The van der Waals surface area contributed by atoms with Crippen molar-refractivity contribution in [2.75, 3.05) is 5.32 Å². The summed E-state index contributed by atoms with van der Waals surface area (Å²) in [4.78, 5) is 18.0. The van der Waals surface area contributed by atoms with Crippen LogP contribution >= 0.6 is 0 Å². The van der Waals surface area contributed by atoms with Gasteiger partial charge in [0.2, 0.25) is 5.91 Å². The van der Waals surface area contributed by atoms with Crippen LogP contribution in [0.15, 0.2) is 78.9 Å². The molecule has 0 aliphatic carbocycles. The van der Waals surface area contributed by atoms with Gasteiger partial charge in [0, 0.05) is 22.2 Å². The van der Waals surface area contributed by atoms with Crippen molar-refractivity contribution in [1.29, 1.82) is 0 Å². The molecule has 4 heteroatoms. The molecule has 0 spiro atoms. The number of ether oxygens (including phenoxy) is 1. The maximum Gasteiger partial charge on any atom is 0.236 e. The number of aromatic nitrogens is 1. The summed E-state index contributed by atoms with van der Waals surface area (Å²) in [5.41, 5.74) is 4.24. The first-order valence-corrected chi connectivity index (χ1v) is 9.24. The summed E-state index contributed by atoms with van der Waals surface area (Å²) in [6.07, 6.45) is 0. The van der Waals surface area contributed by atoms with Gasteiger partial charge in [0.05, 0.1) is 17.1 Å². The Morgan fingerprint density at radius 2 is 1.50 bits per heavy atom. The number of nitrogens with one attached hydrogen (secondary N) is 1. The van der Waals surface area contributed by atoms with E-state index in [1.165, 1.54) is 0 Å². The Balaban J connectivity index is 1.60. The Labute approximate surface area is 162 Å². The average molecular weight is 366 g/mol. The van der Waals surface area contributed by atoms with E-state index in [4.69, 9.17) is 4.74 Å². The number of carbonyl (C=O) groups excluding carboxylic acids is 1. The van der Waals surface area contributed by atoms with E-state index >= 15 is 0 Å². The topological polar surface area (TPSA) is 51.2 Å². The number of carbonyl (C=O) groups is 1. The van der Waals surface area contributed by atoms with E-state index in [1.54, 1.807) is 0 Å². The van der Waals surface area contributed by atoms with Crippen LogP contribution in [0.4, 0.5) is 5.69 Å². The van der Waals surface area contributed by atoms with Gasteiger partial charge in [-0.2, -0.15) is 0 Å². The van der Waals surface area contributed by atoms with Gasteiger partial charge in [-0.05, 0) is 31.2 Å². The maximum absolute atomic E-state index is 13.5. The number of amides is 1. The lowest BCUT2D eigenvalue weighted by Crippen LogP contribution is -2.25. The second-order valence-corrected chi connectivity index (χ2v) is 6.93. The number of aryl methyl sites for hydroxylation is 1. The molecule has 5 rings (SSSR count). The Kier molecular flexibility index (Phi) is 3.83. The molecule has 2 heterocycles. The highest BCUT2D eigenvalue weighted by Crippen LogP contribution is 2.44. The highest BCUT2D eigenvalue weighted by molar-refractivity contribution is 6.05. The second kappa shape index (κ2) is 6.50. The fourth-order valence-corrected chi connectivity index (χ4v) is 3.81. The molecule has 0 radical (unpaired) electrons. The molecule has 0 saturated heterocycles. The van der Waals surface area contributed by atoms with Gasteiger partial charge in [0.1, 0.15) is 11.5 Å². The van der Waals surface area contributed by atoms with E-state index < -0.39 is 5.92 Å². The summed E-state index contributed by atoms with van der Waals surface area (Å²) < 4.78 is 6.01. The third kappa shape index (κ3) is 2.70. The summed E-state index contributed by atoms with van der Waals surface area (Å²) in [5.74, 6) is 0.918. The number of rotatable bonds is 2. The van der Waals surface area contributed by atoms with Crippen LogP contribution in [-0.2, 0) is 4.79 Å². The zero-order valence-corrected chi connectivity index (χ0v) is 15.3. The SMILES string of the molecule is Cc1cc(NC(=O)C2c3ccccc3Oc3ccccc32)c2ccccc2n1. The lowest BCUT2D eigenvalue weighted by atomic mass is 9.87. The van der Waals surface area contributed by atoms with Crippen molar-refractivity contribution in [3.05, 3.63) is 95.7 Å². The minimum Gasteiger partial charge on any atom is -0.457 e. The molecule has 28 heavy (non-hydrogen) atoms. The molecule has 4 nitrogen and oxygen atoms in total. The minimum absolute atomic E-state index is 0.0843. The van der Waals surface area contributed by atoms with E-state index in [0.717, 1.165) is 44.9 Å². The number of fused-ring (bicyclic) bond motifs is 3. The lowest BCUT2D eigenvalue weighted by Gasteiger charge is -2.27. The van der Waals surface area contributed by atoms with Gasteiger partial charge in [-0.3, -0.25) is 9.78 Å². The number of hydrogen-bond donors (Lipinski definition) is 1. The van der Waals surface area contributed by atoms with Crippen LogP contribution in [0.3, 0.4) is 0 Å². The van der Waals surface area contributed by atoms with Gasteiger partial charge >= 0.3 is 0 Å². The molecule has 1 amide bonds. The molecule has 1 aromatic heterocycles. The zero-order chi connectivity index (χ0) is 19.1. The highest BCUT2D eigenvalue weighted by atomic mass is 16.5. The number of nitrogens with zero attached hydrogens (tertiary/aromatic N) is 1. The van der Waals surface area contributed by atoms with Crippen molar-refractivity contribution < 1.29 is 9.53 Å². The summed E-state index contributed by atoms with van der Waals surface area (Å²) >= 11 is 0. The molecule has 4 aromatic rings. The first-order valence-electron chi connectivity index (χ1n) is 9.24. The summed E-state index contributed by atoms with van der Waals surface area (Å²) in [6, 6.07) is 25.1. The van der Waals surface area contributed by atoms with E-state index in [1.807, 2.05) is 85.8 Å². The molecule has 1 N–H and O–H groups in total. The molecular formula is C24H18N2O2. The standard InChI is InChI=1S/C24H18N2O2/c1-15-14-20(16-8-2-5-11-19(16)25-15)26-24(27)23-17-9-3-6-12-21(17)28-22-13-7-4-10-18(22)23/h2-14,23H,1H3,(H,25,26,27). The number of benzene rings is 3. The Hall–Kier alpha value is -3.66. The molecular weight excluding hydrogens is 348 g/mol. The third-order valence-electron chi connectivity index (χ3n) is 5.04. The van der Waals surface area contributed by atoms with Crippen LogP contribution < -0.4 is 10.1 Å². The predicted molar refractivity (Wildman–Crippen MR) is 110 cm³/mol. The Morgan fingerprint density at radius 1 is 0.893 bits per heavy atom. The second-order valence-electron chi connectivity index (χ2n) is 6.93. The van der Waals surface area contributed by atoms with E-state index in [0.29, 0.717) is 0 Å². The van der Waals surface area contributed by atoms with E-state index in [2.05, 4.69) is 10.3 Å². The zero-order valence-electron chi connectivity index (χ0n) is 15.3. The van der Waals surface area contributed by atoms with E-state index in [9.17, 15) is 4.79 Å². The highest BCUT2D eigenvalue weighted by Gasteiger charge is 2.32. The van der Waals surface area contributed by atoms with Crippen molar-refractivity contribution in [2.24, 2.45) is 0 Å². The average Bonchev–Trinajstić information content (AvgIpc) is 2.71. The number of anilines is 1. The lowest BCUT2D eigenvalue weighted by molar-refractivity contribution is -0.116. The molecule has 1 aliphatic heterocycles. The molecule has 0 atom stereocenters. The maximum atomic E-state index is 13.5. The minimum atomic E-state index is -0.437. The molecule has 3 aromatic carbocycles. The number of pyridine rings is 1. The van der Waals surface area contributed by atoms with Crippen molar-refractivity contribution >= 4 is 22.5 Å². The largest absolute Gasteiger partial charge is 0.457 e. The molecule has 0 saturated carbocycles. The van der Waals surface area contributed by atoms with Crippen LogP contribution in [0.2, 0.25) is 0 Å². The van der Waals surface area contributed by atoms with Crippen molar-refractivity contribution in [2.45, 2.75) is 12.8 Å². The van der Waals surface area contributed by atoms with Crippen molar-refractivity contribution in [3.63, 3.8) is 0 Å². The van der Waals surface area contributed by atoms with Crippen LogP contribution in [0.1, 0.15) is 22.7 Å². The fraction of sp³-hybridized carbons (Fsp3) is 0.0833. The molecule has 1 aliphatic rings. The molecule has 0 fully saturated rings. The fourth-order valence-electron chi connectivity index (χ4n) is 3.81. The van der Waals surface area contributed by atoms with Gasteiger partial charge in [0.25, 0.3) is 0 Å². The van der Waals surface area contributed by atoms with Crippen LogP contribution in [0.5, 0.6) is 11.5 Å². The van der Waals surface area contributed by atoms with Crippen LogP contribution in [-0.4, -0.2) is 10.9 Å². The predicted octanol–water partition coefficient (Wildman–Crippen LogP) is 5.42. The van der Waals surface area contributed by atoms with Crippen LogP contribution in [0.25, 0.3) is 10.9 Å². The summed E-state index contributed by atoms with van der Waals surface area (Å²) in [6.45, 7) is 1.93. The van der Waals surface area contributed by atoms with Crippen LogP contribution in [0, 0.1) is 6.92 Å². The van der Waals surface area contributed by atoms with Gasteiger partial charge in [-0.1, -0.05) is 54.6 Å². The smallest absolute Gasteiger partial charge is 0.236 e. The quantitative estimate of drug-likeness (QED) is 0.515. The van der Waals surface area contributed by atoms with Crippen molar-refractivity contribution in [3.8, 4) is 11.5 Å². The first kappa shape index (κ1) is 16.5. The summed E-state index contributed by atoms with van der Waals surface area (Å²) in [7, 11) is 0. The van der Waals surface area contributed by atoms with Gasteiger partial charge in [-0.15, -0.1) is 0 Å². The molecule has 0 unspecified atom stereocenters. The summed E-state index contributed by atoms with van der Waals surface area (Å²) in [5, 5.41) is 4.07.